The van der Waals surface area contributed by atoms with Crippen molar-refractivity contribution in [2.75, 3.05) is 6.54 Å². The Morgan fingerprint density at radius 3 is 2.31 bits per heavy atom. The number of benzene rings is 1. The van der Waals surface area contributed by atoms with Crippen molar-refractivity contribution in [2.45, 2.75) is 13.1 Å². The van der Waals surface area contributed by atoms with Gasteiger partial charge in [-0.2, -0.15) is 10.2 Å². The Bertz CT molecular complexity index is 1340. The molecule has 32 heavy (non-hydrogen) atoms. The lowest BCUT2D eigenvalue weighted by molar-refractivity contribution is -0.121. The molecule has 1 aromatic carbocycles. The molecule has 0 bridgehead atoms. The summed E-state index contributed by atoms with van der Waals surface area (Å²) in [6, 6.07) is 16.4. The zero-order valence-corrected chi connectivity index (χ0v) is 17.5. The van der Waals surface area contributed by atoms with Crippen LogP contribution in [0.4, 0.5) is 0 Å². The highest BCUT2D eigenvalue weighted by atomic mass is 35.5. The molecule has 0 fully saturated rings. The zero-order valence-electron chi connectivity index (χ0n) is 16.8. The fourth-order valence-corrected chi connectivity index (χ4v) is 3.12. The first-order valence-electron chi connectivity index (χ1n) is 9.72. The summed E-state index contributed by atoms with van der Waals surface area (Å²) in [6.45, 7) is 0.0558. The maximum Gasteiger partial charge on any atom is 0.267 e. The predicted molar refractivity (Wildman–Crippen MR) is 118 cm³/mol. The Hall–Kier alpha value is -3.98. The van der Waals surface area contributed by atoms with E-state index in [1.165, 1.54) is 23.1 Å². The van der Waals surface area contributed by atoms with Gasteiger partial charge >= 0.3 is 0 Å². The number of carbonyl (C=O) groups is 1. The number of amides is 1. The van der Waals surface area contributed by atoms with Gasteiger partial charge in [0.15, 0.2) is 5.76 Å². The van der Waals surface area contributed by atoms with Gasteiger partial charge in [-0.25, -0.2) is 9.36 Å². The maximum atomic E-state index is 12.3. The zero-order chi connectivity index (χ0) is 22.5. The fraction of sp³-hybridized carbons (Fsp3) is 0.136. The molecule has 1 N–H and O–H groups in total. The summed E-state index contributed by atoms with van der Waals surface area (Å²) in [4.78, 5) is 36.5. The first-order chi connectivity index (χ1) is 15.5. The van der Waals surface area contributed by atoms with Crippen LogP contribution in [0.15, 0.2) is 80.9 Å². The van der Waals surface area contributed by atoms with Crippen molar-refractivity contribution in [2.24, 2.45) is 0 Å². The molecule has 0 atom stereocenters. The molecule has 0 unspecified atom stereocenters. The summed E-state index contributed by atoms with van der Waals surface area (Å²) in [5.74, 6) is 0.122. The van der Waals surface area contributed by atoms with Crippen molar-refractivity contribution in [3.8, 4) is 22.7 Å². The first kappa shape index (κ1) is 21.3. The average molecular weight is 452 g/mol. The Morgan fingerprint density at radius 2 is 1.59 bits per heavy atom. The highest BCUT2D eigenvalue weighted by Gasteiger charge is 2.09. The number of hydrogen-bond acceptors (Lipinski definition) is 6. The third-order valence-electron chi connectivity index (χ3n) is 4.59. The van der Waals surface area contributed by atoms with Gasteiger partial charge in [0, 0.05) is 29.3 Å². The minimum atomic E-state index is -0.414. The van der Waals surface area contributed by atoms with E-state index >= 15 is 0 Å². The van der Waals surface area contributed by atoms with Gasteiger partial charge < -0.3 is 9.73 Å². The van der Waals surface area contributed by atoms with Crippen LogP contribution in [0.3, 0.4) is 0 Å². The summed E-state index contributed by atoms with van der Waals surface area (Å²) in [5.41, 5.74) is 1.12. The van der Waals surface area contributed by atoms with Crippen molar-refractivity contribution >= 4 is 17.5 Å². The van der Waals surface area contributed by atoms with Crippen LogP contribution in [0.25, 0.3) is 22.7 Å². The molecule has 10 heteroatoms. The standard InChI is InChI=1S/C22H18ClN5O4/c23-16-5-3-15(4-6-16)17-7-9-22(31)28(25-17)14-20(29)24-11-12-27-21(30)10-8-18(26-27)19-2-1-13-32-19/h1-10,13H,11-12,14H2,(H,24,29). The molecular weight excluding hydrogens is 434 g/mol. The molecule has 4 aromatic rings. The van der Waals surface area contributed by atoms with Crippen LogP contribution >= 0.6 is 11.6 Å². The number of carbonyl (C=O) groups excluding carboxylic acids is 1. The maximum absolute atomic E-state index is 12.3. The average Bonchev–Trinajstić information content (AvgIpc) is 3.32. The quantitative estimate of drug-likeness (QED) is 0.461. The molecule has 0 aliphatic rings. The second-order valence-corrected chi connectivity index (χ2v) is 7.26. The van der Waals surface area contributed by atoms with E-state index < -0.39 is 11.5 Å². The Morgan fingerprint density at radius 1 is 0.906 bits per heavy atom. The van der Waals surface area contributed by atoms with E-state index in [-0.39, 0.29) is 25.2 Å². The Labute approximate surface area is 186 Å². The van der Waals surface area contributed by atoms with Crippen LogP contribution in [-0.4, -0.2) is 32.0 Å². The van der Waals surface area contributed by atoms with Gasteiger partial charge in [-0.15, -0.1) is 0 Å². The Kier molecular flexibility index (Phi) is 6.27. The van der Waals surface area contributed by atoms with E-state index in [0.29, 0.717) is 22.2 Å². The molecule has 0 saturated carbocycles. The second kappa shape index (κ2) is 9.44. The van der Waals surface area contributed by atoms with E-state index in [4.69, 9.17) is 16.0 Å². The van der Waals surface area contributed by atoms with E-state index in [1.807, 2.05) is 0 Å². The van der Waals surface area contributed by atoms with E-state index in [9.17, 15) is 14.4 Å². The molecule has 0 spiro atoms. The van der Waals surface area contributed by atoms with Gasteiger partial charge in [0.25, 0.3) is 11.1 Å². The van der Waals surface area contributed by atoms with Crippen LogP contribution in [-0.2, 0) is 17.9 Å². The number of halogens is 1. The molecule has 0 aliphatic heterocycles. The van der Waals surface area contributed by atoms with Crippen LogP contribution < -0.4 is 16.4 Å². The number of aromatic nitrogens is 4. The molecule has 0 radical (unpaired) electrons. The van der Waals surface area contributed by atoms with Gasteiger partial charge in [-0.05, 0) is 36.4 Å². The topological polar surface area (TPSA) is 112 Å². The molecular formula is C22H18ClN5O4. The molecule has 3 heterocycles. The molecule has 3 aromatic heterocycles. The first-order valence-corrected chi connectivity index (χ1v) is 10.1. The van der Waals surface area contributed by atoms with Crippen molar-refractivity contribution in [3.63, 3.8) is 0 Å². The van der Waals surface area contributed by atoms with E-state index in [0.717, 1.165) is 10.2 Å². The van der Waals surface area contributed by atoms with Gasteiger partial charge in [-0.3, -0.25) is 14.4 Å². The van der Waals surface area contributed by atoms with E-state index in [2.05, 4.69) is 15.5 Å². The normalized spacial score (nSPS) is 10.8. The minimum Gasteiger partial charge on any atom is -0.463 e. The van der Waals surface area contributed by atoms with Crippen LogP contribution in [0.1, 0.15) is 0 Å². The number of nitrogens with one attached hydrogen (secondary N) is 1. The van der Waals surface area contributed by atoms with Crippen molar-refractivity contribution < 1.29 is 9.21 Å². The van der Waals surface area contributed by atoms with E-state index in [1.54, 1.807) is 48.5 Å². The molecule has 1 amide bonds. The highest BCUT2D eigenvalue weighted by Crippen LogP contribution is 2.18. The van der Waals surface area contributed by atoms with Gasteiger partial charge in [-0.1, -0.05) is 23.7 Å². The van der Waals surface area contributed by atoms with Crippen LogP contribution in [0, 0.1) is 0 Å². The summed E-state index contributed by atoms with van der Waals surface area (Å²) in [7, 11) is 0. The number of furan rings is 1. The monoisotopic (exact) mass is 451 g/mol. The minimum absolute atomic E-state index is 0.152. The lowest BCUT2D eigenvalue weighted by Crippen LogP contribution is -2.36. The molecule has 0 aliphatic carbocycles. The highest BCUT2D eigenvalue weighted by molar-refractivity contribution is 6.30. The lowest BCUT2D eigenvalue weighted by Gasteiger charge is -2.09. The summed E-state index contributed by atoms with van der Waals surface area (Å²) in [6.07, 6.45) is 1.52. The molecule has 9 nitrogen and oxygen atoms in total. The summed E-state index contributed by atoms with van der Waals surface area (Å²) >= 11 is 5.90. The molecule has 0 saturated heterocycles. The molecule has 4 rings (SSSR count). The predicted octanol–water partition coefficient (Wildman–Crippen LogP) is 2.20. The smallest absolute Gasteiger partial charge is 0.267 e. The lowest BCUT2D eigenvalue weighted by atomic mass is 10.1. The third-order valence-corrected chi connectivity index (χ3v) is 4.84. The van der Waals surface area contributed by atoms with Crippen molar-refractivity contribution in [1.29, 1.82) is 0 Å². The van der Waals surface area contributed by atoms with Crippen molar-refractivity contribution in [1.82, 2.24) is 24.9 Å². The van der Waals surface area contributed by atoms with Gasteiger partial charge in [0.05, 0.1) is 18.5 Å². The van der Waals surface area contributed by atoms with Crippen LogP contribution in [0.5, 0.6) is 0 Å². The summed E-state index contributed by atoms with van der Waals surface area (Å²) in [5, 5.41) is 11.8. The number of nitrogens with zero attached hydrogens (tertiary/aromatic N) is 4. The number of rotatable bonds is 7. The fourth-order valence-electron chi connectivity index (χ4n) is 2.99. The second-order valence-electron chi connectivity index (χ2n) is 6.83. The molecule has 162 valence electrons. The SMILES string of the molecule is O=C(Cn1nc(-c2ccc(Cl)cc2)ccc1=O)NCCn1nc(-c2ccco2)ccc1=O. The van der Waals surface area contributed by atoms with Crippen molar-refractivity contribution in [3.05, 3.63) is 92.7 Å². The third kappa shape index (κ3) is 5.01. The largest absolute Gasteiger partial charge is 0.463 e. The Balaban J connectivity index is 1.39. The van der Waals surface area contributed by atoms with Gasteiger partial charge in [0.1, 0.15) is 12.2 Å². The van der Waals surface area contributed by atoms with Crippen LogP contribution in [0.2, 0.25) is 5.02 Å². The number of hydrogen-bond donors (Lipinski definition) is 1. The van der Waals surface area contributed by atoms with Gasteiger partial charge in [0.2, 0.25) is 5.91 Å². The summed E-state index contributed by atoms with van der Waals surface area (Å²) < 4.78 is 7.61.